The van der Waals surface area contributed by atoms with Crippen molar-refractivity contribution in [2.24, 2.45) is 5.14 Å². The summed E-state index contributed by atoms with van der Waals surface area (Å²) >= 11 is 0. The molecule has 0 spiro atoms. The van der Waals surface area contributed by atoms with Gasteiger partial charge in [0.05, 0.1) is 17.6 Å². The number of sulfonamides is 1. The molecule has 3 rings (SSSR count). The summed E-state index contributed by atoms with van der Waals surface area (Å²) in [4.78, 5) is 7.85. The minimum Gasteiger partial charge on any atom is -0.396 e. The third kappa shape index (κ3) is 2.64. The first-order valence-electron chi connectivity index (χ1n) is 6.68. The van der Waals surface area contributed by atoms with Crippen molar-refractivity contribution in [1.29, 1.82) is 0 Å². The molecule has 4 N–H and O–H groups in total. The third-order valence-electron chi connectivity index (χ3n) is 3.66. The van der Waals surface area contributed by atoms with Gasteiger partial charge in [-0.25, -0.2) is 23.5 Å². The smallest absolute Gasteiger partial charge is 0.217 e. The zero-order valence-corrected chi connectivity index (χ0v) is 13.0. The van der Waals surface area contributed by atoms with Gasteiger partial charge in [-0.15, -0.1) is 0 Å². The summed E-state index contributed by atoms with van der Waals surface area (Å²) in [5.74, 6) is -0.872. The standard InChI is InChI=1S/C14H14FN5O2S/c1-8(23(17,21)22)10-5-9(6-18-13(10)15)12-7-19-14-11(16)3-2-4-20(12)14/h2-8H,16H2,1H3,(H2,17,21,22). The van der Waals surface area contributed by atoms with Crippen LogP contribution in [0.5, 0.6) is 0 Å². The average Bonchev–Trinajstić information content (AvgIpc) is 2.91. The predicted molar refractivity (Wildman–Crippen MR) is 84.3 cm³/mol. The van der Waals surface area contributed by atoms with Gasteiger partial charge in [0.25, 0.3) is 0 Å². The number of aromatic nitrogens is 3. The Bertz CT molecular complexity index is 1000. The highest BCUT2D eigenvalue weighted by Gasteiger charge is 2.23. The van der Waals surface area contributed by atoms with Gasteiger partial charge in [0.15, 0.2) is 5.65 Å². The monoisotopic (exact) mass is 335 g/mol. The summed E-state index contributed by atoms with van der Waals surface area (Å²) in [6, 6.07) is 4.87. The molecule has 0 fully saturated rings. The number of anilines is 1. The van der Waals surface area contributed by atoms with Gasteiger partial charge in [0.1, 0.15) is 5.25 Å². The maximum atomic E-state index is 13.9. The molecule has 0 bridgehead atoms. The lowest BCUT2D eigenvalue weighted by molar-refractivity contribution is 0.554. The summed E-state index contributed by atoms with van der Waals surface area (Å²) in [5, 5.41) is 3.89. The van der Waals surface area contributed by atoms with Crippen molar-refractivity contribution in [2.45, 2.75) is 12.2 Å². The Morgan fingerprint density at radius 3 is 2.74 bits per heavy atom. The number of rotatable bonds is 3. The van der Waals surface area contributed by atoms with Crippen LogP contribution < -0.4 is 10.9 Å². The van der Waals surface area contributed by atoms with Crippen molar-refractivity contribution >= 4 is 21.4 Å². The Hall–Kier alpha value is -2.52. The Kier molecular flexibility index (Phi) is 3.53. The van der Waals surface area contributed by atoms with Gasteiger partial charge in [0, 0.05) is 23.5 Å². The van der Waals surface area contributed by atoms with Gasteiger partial charge in [-0.2, -0.15) is 4.39 Å². The van der Waals surface area contributed by atoms with Crippen molar-refractivity contribution in [1.82, 2.24) is 14.4 Å². The topological polar surface area (TPSA) is 116 Å². The first kappa shape index (κ1) is 15.4. The molecule has 0 aliphatic heterocycles. The van der Waals surface area contributed by atoms with Gasteiger partial charge in [-0.1, -0.05) is 0 Å². The molecule has 9 heteroatoms. The van der Waals surface area contributed by atoms with Crippen LogP contribution in [0.25, 0.3) is 16.9 Å². The lowest BCUT2D eigenvalue weighted by Crippen LogP contribution is -2.20. The van der Waals surface area contributed by atoms with E-state index < -0.39 is 21.2 Å². The Morgan fingerprint density at radius 2 is 2.04 bits per heavy atom. The van der Waals surface area contributed by atoms with Crippen molar-refractivity contribution in [3.63, 3.8) is 0 Å². The van der Waals surface area contributed by atoms with Crippen molar-refractivity contribution in [2.75, 3.05) is 5.73 Å². The average molecular weight is 335 g/mol. The first-order chi connectivity index (χ1) is 10.8. The number of nitrogens with zero attached hydrogens (tertiary/aromatic N) is 3. The molecule has 120 valence electrons. The number of hydrogen-bond acceptors (Lipinski definition) is 5. The molecule has 0 saturated carbocycles. The summed E-state index contributed by atoms with van der Waals surface area (Å²) in [6.07, 6.45) is 4.62. The SMILES string of the molecule is CC(c1cc(-c2cnc3c(N)cccn23)cnc1F)S(N)(=O)=O. The fraction of sp³-hybridized carbons (Fsp3) is 0.143. The van der Waals surface area contributed by atoms with Gasteiger partial charge >= 0.3 is 0 Å². The number of nitrogens with two attached hydrogens (primary N) is 2. The number of halogens is 1. The maximum absolute atomic E-state index is 13.9. The maximum Gasteiger partial charge on any atom is 0.217 e. The van der Waals surface area contributed by atoms with E-state index >= 15 is 0 Å². The normalized spacial score (nSPS) is 13.3. The molecule has 0 radical (unpaired) electrons. The van der Waals surface area contributed by atoms with Crippen LogP contribution in [0.2, 0.25) is 0 Å². The van der Waals surface area contributed by atoms with Crippen molar-refractivity contribution in [3.05, 3.63) is 48.3 Å². The molecule has 0 saturated heterocycles. The summed E-state index contributed by atoms with van der Waals surface area (Å²) in [7, 11) is -3.94. The zero-order chi connectivity index (χ0) is 16.8. The van der Waals surface area contributed by atoms with Crippen molar-refractivity contribution in [3.8, 4) is 11.3 Å². The van der Waals surface area contributed by atoms with E-state index in [0.717, 1.165) is 0 Å². The van der Waals surface area contributed by atoms with E-state index in [1.165, 1.54) is 19.2 Å². The molecule has 7 nitrogen and oxygen atoms in total. The Balaban J connectivity index is 2.19. The molecule has 1 unspecified atom stereocenters. The third-order valence-corrected chi connectivity index (χ3v) is 4.90. The summed E-state index contributed by atoms with van der Waals surface area (Å²) in [6.45, 7) is 1.31. The van der Waals surface area contributed by atoms with E-state index in [1.807, 2.05) is 0 Å². The Morgan fingerprint density at radius 1 is 1.30 bits per heavy atom. The minimum absolute atomic E-state index is 0.0937. The molecule has 3 aromatic rings. The molecule has 0 aliphatic rings. The van der Waals surface area contributed by atoms with Gasteiger partial charge in [-0.3, -0.25) is 4.40 Å². The van der Waals surface area contributed by atoms with Crippen LogP contribution in [-0.2, 0) is 10.0 Å². The van der Waals surface area contributed by atoms with Crippen LogP contribution in [0.15, 0.2) is 36.8 Å². The number of imidazole rings is 1. The molecule has 23 heavy (non-hydrogen) atoms. The summed E-state index contributed by atoms with van der Waals surface area (Å²) in [5.41, 5.74) is 7.92. The van der Waals surface area contributed by atoms with Gasteiger partial charge < -0.3 is 5.73 Å². The molecule has 0 aliphatic carbocycles. The largest absolute Gasteiger partial charge is 0.396 e. The zero-order valence-electron chi connectivity index (χ0n) is 12.1. The molecule has 3 heterocycles. The second kappa shape index (κ2) is 5.28. The van der Waals surface area contributed by atoms with Gasteiger partial charge in [0.2, 0.25) is 16.0 Å². The molecule has 3 aromatic heterocycles. The van der Waals surface area contributed by atoms with Crippen LogP contribution in [0.4, 0.5) is 10.1 Å². The molecular weight excluding hydrogens is 321 g/mol. The number of fused-ring (bicyclic) bond motifs is 1. The van der Waals surface area contributed by atoms with E-state index in [9.17, 15) is 12.8 Å². The van der Waals surface area contributed by atoms with Crippen LogP contribution in [0, 0.1) is 5.95 Å². The second-order valence-electron chi connectivity index (χ2n) is 5.14. The van der Waals surface area contributed by atoms with E-state index in [-0.39, 0.29) is 5.56 Å². The number of primary sulfonamides is 1. The highest BCUT2D eigenvalue weighted by molar-refractivity contribution is 7.89. The molecule has 0 amide bonds. The molecule has 0 aromatic carbocycles. The van der Waals surface area contributed by atoms with Crippen LogP contribution >= 0.6 is 0 Å². The fourth-order valence-corrected chi connectivity index (χ4v) is 2.83. The minimum atomic E-state index is -3.94. The predicted octanol–water partition coefficient (Wildman–Crippen LogP) is 1.47. The highest BCUT2D eigenvalue weighted by Crippen LogP contribution is 2.28. The number of nitrogen functional groups attached to an aromatic ring is 1. The molecular formula is C14H14FN5O2S. The van der Waals surface area contributed by atoms with Crippen LogP contribution in [0.3, 0.4) is 0 Å². The quantitative estimate of drug-likeness (QED) is 0.703. The van der Waals surface area contributed by atoms with Gasteiger partial charge in [-0.05, 0) is 25.1 Å². The van der Waals surface area contributed by atoms with Crippen molar-refractivity contribution < 1.29 is 12.8 Å². The first-order valence-corrected chi connectivity index (χ1v) is 8.29. The number of pyridine rings is 2. The van der Waals surface area contributed by atoms with Crippen LogP contribution in [0.1, 0.15) is 17.7 Å². The van der Waals surface area contributed by atoms with E-state index in [0.29, 0.717) is 22.6 Å². The molecule has 1 atom stereocenters. The van der Waals surface area contributed by atoms with Crippen LogP contribution in [-0.4, -0.2) is 22.8 Å². The lowest BCUT2D eigenvalue weighted by atomic mass is 10.1. The van der Waals surface area contributed by atoms with E-state index in [1.54, 1.807) is 28.9 Å². The Labute approximate surface area is 131 Å². The number of hydrogen-bond donors (Lipinski definition) is 2. The summed E-state index contributed by atoms with van der Waals surface area (Å²) < 4.78 is 38.6. The highest BCUT2D eigenvalue weighted by atomic mass is 32.2. The lowest BCUT2D eigenvalue weighted by Gasteiger charge is -2.11. The fourth-order valence-electron chi connectivity index (χ4n) is 2.31. The second-order valence-corrected chi connectivity index (χ2v) is 7.02. The van der Waals surface area contributed by atoms with E-state index in [4.69, 9.17) is 10.9 Å². The van der Waals surface area contributed by atoms with E-state index in [2.05, 4.69) is 9.97 Å².